The molecule has 2 aromatic carbocycles. The number of aromatic hydroxyl groups is 1. The molecule has 2 aromatic rings. The predicted molar refractivity (Wildman–Crippen MR) is 125 cm³/mol. The van der Waals surface area contributed by atoms with E-state index in [1.165, 1.54) is 30.5 Å². The van der Waals surface area contributed by atoms with Crippen molar-refractivity contribution in [2.24, 2.45) is 11.1 Å². The summed E-state index contributed by atoms with van der Waals surface area (Å²) in [7, 11) is -3.66. The second-order valence-corrected chi connectivity index (χ2v) is 11.7. The van der Waals surface area contributed by atoms with Crippen LogP contribution in [0.3, 0.4) is 0 Å². The van der Waals surface area contributed by atoms with Gasteiger partial charge in [0.05, 0.1) is 4.90 Å². The van der Waals surface area contributed by atoms with E-state index in [1.807, 2.05) is 24.3 Å². The highest BCUT2D eigenvalue weighted by Gasteiger charge is 2.51. The van der Waals surface area contributed by atoms with E-state index in [2.05, 4.69) is 23.2 Å². The van der Waals surface area contributed by atoms with E-state index in [0.29, 0.717) is 17.8 Å². The fourth-order valence-electron chi connectivity index (χ4n) is 5.82. The van der Waals surface area contributed by atoms with E-state index < -0.39 is 10.0 Å². The lowest BCUT2D eigenvalue weighted by Crippen LogP contribution is -2.67. The summed E-state index contributed by atoms with van der Waals surface area (Å²) in [6.07, 6.45) is 5.63. The smallest absolute Gasteiger partial charge is 0.238 e. The van der Waals surface area contributed by atoms with E-state index in [1.54, 1.807) is 12.1 Å². The fourth-order valence-corrected chi connectivity index (χ4v) is 6.33. The zero-order valence-electron chi connectivity index (χ0n) is 18.6. The Balaban J connectivity index is 1.35. The van der Waals surface area contributed by atoms with Gasteiger partial charge in [0.15, 0.2) is 0 Å². The molecule has 172 valence electrons. The molecule has 0 spiro atoms. The molecular weight excluding hydrogens is 422 g/mol. The normalized spacial score (nSPS) is 27.8. The summed E-state index contributed by atoms with van der Waals surface area (Å²) in [6.45, 7) is 5.47. The first kappa shape index (κ1) is 21.9. The molecule has 4 N–H and O–H groups in total. The van der Waals surface area contributed by atoms with Gasteiger partial charge in [-0.3, -0.25) is 4.90 Å². The third-order valence-electron chi connectivity index (χ3n) is 7.82. The number of hydrogen-bond donors (Lipinski definition) is 3. The summed E-state index contributed by atoms with van der Waals surface area (Å²) in [6, 6.07) is 13.5. The SMILES string of the molecule is CC12CCN(CC3CC3)[C@H](Cc3ccc(O)cc31)[C@@H]2NCCc1ccc(S(N)(=O)=O)cc1. The number of piperidine rings is 1. The van der Waals surface area contributed by atoms with Crippen LogP contribution in [0.4, 0.5) is 0 Å². The monoisotopic (exact) mass is 455 g/mol. The number of primary sulfonamides is 1. The number of nitrogens with one attached hydrogen (secondary N) is 1. The van der Waals surface area contributed by atoms with Crippen LogP contribution in [0.2, 0.25) is 0 Å². The summed E-state index contributed by atoms with van der Waals surface area (Å²) in [5, 5.41) is 19.3. The van der Waals surface area contributed by atoms with Crippen LogP contribution in [0, 0.1) is 5.92 Å². The van der Waals surface area contributed by atoms with Crippen molar-refractivity contribution in [2.45, 2.75) is 61.4 Å². The molecule has 0 aromatic heterocycles. The first-order valence-electron chi connectivity index (χ1n) is 11.7. The lowest BCUT2D eigenvalue weighted by molar-refractivity contribution is 0.0432. The van der Waals surface area contributed by atoms with Gasteiger partial charge in [-0.25, -0.2) is 13.6 Å². The first-order chi connectivity index (χ1) is 15.2. The van der Waals surface area contributed by atoms with E-state index in [0.717, 1.165) is 43.8 Å². The van der Waals surface area contributed by atoms with Crippen molar-refractivity contribution in [1.29, 1.82) is 0 Å². The molecule has 1 saturated heterocycles. The van der Waals surface area contributed by atoms with E-state index in [4.69, 9.17) is 5.14 Å². The second-order valence-electron chi connectivity index (χ2n) is 10.1. The molecule has 1 aliphatic heterocycles. The van der Waals surface area contributed by atoms with Gasteiger partial charge in [0.1, 0.15) is 5.75 Å². The van der Waals surface area contributed by atoms with Crippen LogP contribution < -0.4 is 10.5 Å². The molecular formula is C25H33N3O3S. The maximum Gasteiger partial charge on any atom is 0.238 e. The molecule has 2 fully saturated rings. The average Bonchev–Trinajstić information content (AvgIpc) is 3.56. The molecule has 5 rings (SSSR count). The number of rotatable bonds is 7. The Morgan fingerprint density at radius 2 is 1.94 bits per heavy atom. The van der Waals surface area contributed by atoms with Gasteiger partial charge in [-0.05, 0) is 92.1 Å². The van der Waals surface area contributed by atoms with Crippen LogP contribution in [-0.4, -0.2) is 50.1 Å². The lowest BCUT2D eigenvalue weighted by Gasteiger charge is -2.56. The van der Waals surface area contributed by atoms with Gasteiger partial charge in [0, 0.05) is 24.0 Å². The van der Waals surface area contributed by atoms with Crippen molar-refractivity contribution in [3.8, 4) is 5.75 Å². The number of nitrogens with zero attached hydrogens (tertiary/aromatic N) is 1. The van der Waals surface area contributed by atoms with E-state index >= 15 is 0 Å². The van der Waals surface area contributed by atoms with Gasteiger partial charge < -0.3 is 10.4 Å². The highest BCUT2D eigenvalue weighted by Crippen LogP contribution is 2.47. The van der Waals surface area contributed by atoms with Crippen LogP contribution >= 0.6 is 0 Å². The van der Waals surface area contributed by atoms with Crippen molar-refractivity contribution in [3.63, 3.8) is 0 Å². The average molecular weight is 456 g/mol. The maximum atomic E-state index is 11.5. The number of phenols is 1. The van der Waals surface area contributed by atoms with Crippen LogP contribution in [0.1, 0.15) is 42.9 Å². The predicted octanol–water partition coefficient (Wildman–Crippen LogP) is 2.54. The molecule has 0 amide bonds. The number of phenolic OH excluding ortho intramolecular Hbond substituents is 1. The van der Waals surface area contributed by atoms with E-state index in [-0.39, 0.29) is 10.3 Å². The Bertz CT molecular complexity index is 1100. The Morgan fingerprint density at radius 3 is 2.62 bits per heavy atom. The molecule has 1 unspecified atom stereocenters. The largest absolute Gasteiger partial charge is 0.508 e. The summed E-state index contributed by atoms with van der Waals surface area (Å²) in [5.41, 5.74) is 3.72. The van der Waals surface area contributed by atoms with Crippen molar-refractivity contribution < 1.29 is 13.5 Å². The fraction of sp³-hybridized carbons (Fsp3) is 0.520. The molecule has 7 heteroatoms. The van der Waals surface area contributed by atoms with Crippen molar-refractivity contribution in [3.05, 3.63) is 59.2 Å². The summed E-state index contributed by atoms with van der Waals surface area (Å²) in [5.74, 6) is 1.20. The molecule has 1 saturated carbocycles. The molecule has 0 radical (unpaired) electrons. The van der Waals surface area contributed by atoms with Gasteiger partial charge >= 0.3 is 0 Å². The van der Waals surface area contributed by atoms with Gasteiger partial charge in [-0.2, -0.15) is 0 Å². The Morgan fingerprint density at radius 1 is 1.19 bits per heavy atom. The summed E-state index contributed by atoms with van der Waals surface area (Å²) >= 11 is 0. The molecule has 3 aliphatic rings. The van der Waals surface area contributed by atoms with Gasteiger partial charge in [-0.1, -0.05) is 25.1 Å². The minimum Gasteiger partial charge on any atom is -0.508 e. The molecule has 1 heterocycles. The minimum atomic E-state index is -3.66. The molecule has 32 heavy (non-hydrogen) atoms. The number of sulfonamides is 1. The standard InChI is InChI=1S/C25H33N3O3S/c1-25-11-13-28(16-18-2-3-18)23(14-19-6-7-20(29)15-22(19)25)24(25)27-12-10-17-4-8-21(9-5-17)32(26,30)31/h4-9,15,18,23-24,27,29H,2-3,10-14,16H2,1H3,(H2,26,30,31)/t23-,24+,25?/m1/s1. The number of nitrogens with two attached hydrogens (primary N) is 1. The molecule has 2 bridgehead atoms. The van der Waals surface area contributed by atoms with Crippen molar-refractivity contribution in [1.82, 2.24) is 10.2 Å². The molecule has 6 nitrogen and oxygen atoms in total. The Labute approximate surface area is 190 Å². The van der Waals surface area contributed by atoms with Crippen LogP contribution in [0.15, 0.2) is 47.4 Å². The summed E-state index contributed by atoms with van der Waals surface area (Å²) < 4.78 is 23.0. The molecule has 2 aliphatic carbocycles. The molecule has 3 atom stereocenters. The number of benzene rings is 2. The van der Waals surface area contributed by atoms with E-state index in [9.17, 15) is 13.5 Å². The summed E-state index contributed by atoms with van der Waals surface area (Å²) in [4.78, 5) is 2.85. The second kappa shape index (κ2) is 8.13. The minimum absolute atomic E-state index is 0.0193. The quantitative estimate of drug-likeness (QED) is 0.596. The van der Waals surface area contributed by atoms with Crippen LogP contribution in [0.5, 0.6) is 5.75 Å². The van der Waals surface area contributed by atoms with Crippen LogP contribution in [0.25, 0.3) is 0 Å². The third kappa shape index (κ3) is 4.19. The number of likely N-dealkylation sites (tertiary alicyclic amines) is 1. The van der Waals surface area contributed by atoms with Crippen molar-refractivity contribution in [2.75, 3.05) is 19.6 Å². The van der Waals surface area contributed by atoms with Gasteiger partial charge in [0.25, 0.3) is 0 Å². The first-order valence-corrected chi connectivity index (χ1v) is 13.2. The number of hydrogen-bond acceptors (Lipinski definition) is 5. The Hall–Kier alpha value is -1.93. The van der Waals surface area contributed by atoms with Crippen LogP contribution in [-0.2, 0) is 28.3 Å². The topological polar surface area (TPSA) is 95.7 Å². The van der Waals surface area contributed by atoms with Crippen molar-refractivity contribution >= 4 is 10.0 Å². The van der Waals surface area contributed by atoms with Gasteiger partial charge in [-0.15, -0.1) is 0 Å². The number of fused-ring (bicyclic) bond motifs is 4. The zero-order valence-corrected chi connectivity index (χ0v) is 19.4. The lowest BCUT2D eigenvalue weighted by atomic mass is 9.61. The zero-order chi connectivity index (χ0) is 22.5. The third-order valence-corrected chi connectivity index (χ3v) is 8.75. The maximum absolute atomic E-state index is 11.5. The Kier molecular flexibility index (Phi) is 5.56. The highest BCUT2D eigenvalue weighted by molar-refractivity contribution is 7.89. The van der Waals surface area contributed by atoms with Gasteiger partial charge in [0.2, 0.25) is 10.0 Å². The highest BCUT2D eigenvalue weighted by atomic mass is 32.2.